The first kappa shape index (κ1) is 17.2. The number of aromatic nitrogens is 4. The SMILES string of the molecule is N#Cc1ccc(-c2nc(C(N)=O)c3[nH]c(=O)n(Cc4ccccc4)c3n2)cc1. The van der Waals surface area contributed by atoms with E-state index in [0.717, 1.165) is 5.56 Å². The van der Waals surface area contributed by atoms with Crippen molar-refractivity contribution in [1.82, 2.24) is 19.5 Å². The third-order valence-electron chi connectivity index (χ3n) is 4.31. The van der Waals surface area contributed by atoms with Gasteiger partial charge in [-0.3, -0.25) is 9.36 Å². The highest BCUT2D eigenvalue weighted by Crippen LogP contribution is 2.21. The molecule has 3 N–H and O–H groups in total. The van der Waals surface area contributed by atoms with Gasteiger partial charge in [0.05, 0.1) is 18.2 Å². The monoisotopic (exact) mass is 370 g/mol. The van der Waals surface area contributed by atoms with Gasteiger partial charge in [-0.2, -0.15) is 5.26 Å². The molecule has 2 aromatic carbocycles. The molecule has 4 aromatic rings. The van der Waals surface area contributed by atoms with Gasteiger partial charge in [-0.25, -0.2) is 14.8 Å². The maximum absolute atomic E-state index is 12.5. The zero-order valence-corrected chi connectivity index (χ0v) is 14.6. The van der Waals surface area contributed by atoms with Crippen molar-refractivity contribution < 1.29 is 4.79 Å². The molecule has 28 heavy (non-hydrogen) atoms. The third kappa shape index (κ3) is 3.01. The molecule has 4 rings (SSSR count). The number of primary amides is 1. The molecule has 8 heteroatoms. The van der Waals surface area contributed by atoms with Crippen LogP contribution < -0.4 is 11.4 Å². The second kappa shape index (κ2) is 6.81. The molecule has 0 fully saturated rings. The summed E-state index contributed by atoms with van der Waals surface area (Å²) in [7, 11) is 0. The van der Waals surface area contributed by atoms with Gasteiger partial charge in [0.25, 0.3) is 5.91 Å². The second-order valence-electron chi connectivity index (χ2n) is 6.15. The third-order valence-corrected chi connectivity index (χ3v) is 4.31. The molecule has 136 valence electrons. The van der Waals surface area contributed by atoms with E-state index in [1.54, 1.807) is 24.3 Å². The molecule has 0 aliphatic carbocycles. The van der Waals surface area contributed by atoms with E-state index in [0.29, 0.717) is 11.1 Å². The first-order valence-electron chi connectivity index (χ1n) is 8.41. The minimum absolute atomic E-state index is 0.0618. The smallest absolute Gasteiger partial charge is 0.328 e. The number of nitrogens with two attached hydrogens (primary N) is 1. The van der Waals surface area contributed by atoms with Crippen LogP contribution in [0.1, 0.15) is 21.6 Å². The predicted octanol–water partition coefficient (Wildman–Crippen LogP) is 1.81. The van der Waals surface area contributed by atoms with Crippen LogP contribution in [0.2, 0.25) is 0 Å². The summed E-state index contributed by atoms with van der Waals surface area (Å²) < 4.78 is 1.44. The van der Waals surface area contributed by atoms with Gasteiger partial charge in [0.15, 0.2) is 17.2 Å². The Morgan fingerprint density at radius 1 is 1.11 bits per heavy atom. The minimum Gasteiger partial charge on any atom is -0.364 e. The van der Waals surface area contributed by atoms with Crippen molar-refractivity contribution in [2.45, 2.75) is 6.54 Å². The molecular weight excluding hydrogens is 356 g/mol. The number of rotatable bonds is 4. The van der Waals surface area contributed by atoms with Crippen molar-refractivity contribution in [3.8, 4) is 17.5 Å². The van der Waals surface area contributed by atoms with Crippen molar-refractivity contribution in [2.24, 2.45) is 5.73 Å². The number of amides is 1. The van der Waals surface area contributed by atoms with E-state index in [2.05, 4.69) is 15.0 Å². The second-order valence-corrected chi connectivity index (χ2v) is 6.15. The molecule has 0 spiro atoms. The number of imidazole rings is 1. The molecule has 8 nitrogen and oxygen atoms in total. The fourth-order valence-corrected chi connectivity index (χ4v) is 2.94. The van der Waals surface area contributed by atoms with Gasteiger partial charge >= 0.3 is 5.69 Å². The molecule has 2 aromatic heterocycles. The molecule has 0 unspecified atom stereocenters. The minimum atomic E-state index is -0.768. The lowest BCUT2D eigenvalue weighted by Crippen LogP contribution is -2.17. The van der Waals surface area contributed by atoms with Gasteiger partial charge in [0, 0.05) is 5.56 Å². The lowest BCUT2D eigenvalue weighted by molar-refractivity contribution is 0.0997. The van der Waals surface area contributed by atoms with Crippen LogP contribution in [0.25, 0.3) is 22.6 Å². The van der Waals surface area contributed by atoms with Gasteiger partial charge in [-0.1, -0.05) is 30.3 Å². The van der Waals surface area contributed by atoms with E-state index in [-0.39, 0.29) is 29.2 Å². The van der Waals surface area contributed by atoms with Gasteiger partial charge in [-0.15, -0.1) is 0 Å². The normalized spacial score (nSPS) is 10.7. The Morgan fingerprint density at radius 2 is 1.82 bits per heavy atom. The Bertz CT molecular complexity index is 1280. The van der Waals surface area contributed by atoms with Crippen LogP contribution in [0.15, 0.2) is 59.4 Å². The quantitative estimate of drug-likeness (QED) is 0.566. The van der Waals surface area contributed by atoms with E-state index in [1.807, 2.05) is 36.4 Å². The van der Waals surface area contributed by atoms with Crippen LogP contribution in [0.3, 0.4) is 0 Å². The van der Waals surface area contributed by atoms with Crippen molar-refractivity contribution >= 4 is 17.1 Å². The summed E-state index contributed by atoms with van der Waals surface area (Å²) in [6, 6.07) is 18.1. The highest BCUT2D eigenvalue weighted by Gasteiger charge is 2.19. The highest BCUT2D eigenvalue weighted by molar-refractivity contribution is 6.01. The van der Waals surface area contributed by atoms with E-state index < -0.39 is 11.6 Å². The molecule has 1 amide bonds. The van der Waals surface area contributed by atoms with Gasteiger partial charge < -0.3 is 10.7 Å². The number of hydrogen-bond acceptors (Lipinski definition) is 5. The number of carbonyl (C=O) groups is 1. The molecule has 0 atom stereocenters. The van der Waals surface area contributed by atoms with Crippen LogP contribution in [0.4, 0.5) is 0 Å². The fourth-order valence-electron chi connectivity index (χ4n) is 2.94. The topological polar surface area (TPSA) is 130 Å². The van der Waals surface area contributed by atoms with E-state index in [9.17, 15) is 9.59 Å². The number of carbonyl (C=O) groups excluding carboxylic acids is 1. The lowest BCUT2D eigenvalue weighted by Gasteiger charge is -2.07. The van der Waals surface area contributed by atoms with Crippen LogP contribution in [-0.2, 0) is 6.54 Å². The number of hydrogen-bond donors (Lipinski definition) is 2. The molecule has 0 saturated carbocycles. The van der Waals surface area contributed by atoms with E-state index in [1.165, 1.54) is 4.57 Å². The molecule has 0 aliphatic heterocycles. The van der Waals surface area contributed by atoms with Crippen molar-refractivity contribution in [3.63, 3.8) is 0 Å². The molecular formula is C20H14N6O2. The number of nitrogens with one attached hydrogen (secondary N) is 1. The highest BCUT2D eigenvalue weighted by atomic mass is 16.2. The molecule has 0 radical (unpaired) electrons. The van der Waals surface area contributed by atoms with Crippen LogP contribution in [0, 0.1) is 11.3 Å². The first-order valence-corrected chi connectivity index (χ1v) is 8.41. The van der Waals surface area contributed by atoms with E-state index >= 15 is 0 Å². The van der Waals surface area contributed by atoms with Crippen molar-refractivity contribution in [2.75, 3.05) is 0 Å². The number of fused-ring (bicyclic) bond motifs is 1. The Balaban J connectivity index is 1.93. The average molecular weight is 370 g/mol. The Labute approximate surface area is 158 Å². The molecule has 0 bridgehead atoms. The maximum atomic E-state index is 12.5. The maximum Gasteiger partial charge on any atom is 0.328 e. The molecule has 0 aliphatic rings. The van der Waals surface area contributed by atoms with Gasteiger partial charge in [0.2, 0.25) is 0 Å². The van der Waals surface area contributed by atoms with Gasteiger partial charge in [0.1, 0.15) is 5.52 Å². The number of aromatic amines is 1. The van der Waals surface area contributed by atoms with Crippen LogP contribution >= 0.6 is 0 Å². The van der Waals surface area contributed by atoms with Crippen molar-refractivity contribution in [1.29, 1.82) is 5.26 Å². The summed E-state index contributed by atoms with van der Waals surface area (Å²) in [6.45, 7) is 0.279. The zero-order chi connectivity index (χ0) is 19.7. The molecule has 0 saturated heterocycles. The largest absolute Gasteiger partial charge is 0.364 e. The zero-order valence-electron chi connectivity index (χ0n) is 14.6. The predicted molar refractivity (Wildman–Crippen MR) is 102 cm³/mol. The number of nitriles is 1. The Hall–Kier alpha value is -4.25. The number of nitrogens with zero attached hydrogens (tertiary/aromatic N) is 4. The van der Waals surface area contributed by atoms with Crippen molar-refractivity contribution in [3.05, 3.63) is 81.9 Å². The summed E-state index contributed by atoms with van der Waals surface area (Å²) in [5.74, 6) is -0.526. The lowest BCUT2D eigenvalue weighted by atomic mass is 10.1. The summed E-state index contributed by atoms with van der Waals surface area (Å²) >= 11 is 0. The van der Waals surface area contributed by atoms with Crippen LogP contribution in [0.5, 0.6) is 0 Å². The Morgan fingerprint density at radius 3 is 2.46 bits per heavy atom. The Kier molecular flexibility index (Phi) is 4.18. The summed E-state index contributed by atoms with van der Waals surface area (Å²) in [5, 5.41) is 8.95. The number of benzene rings is 2. The summed E-state index contributed by atoms with van der Waals surface area (Å²) in [6.07, 6.45) is 0. The molecule has 2 heterocycles. The van der Waals surface area contributed by atoms with Gasteiger partial charge in [-0.05, 0) is 29.8 Å². The first-order chi connectivity index (χ1) is 13.6. The fraction of sp³-hybridized carbons (Fsp3) is 0.0500. The standard InChI is InChI=1S/C20H14N6O2/c21-10-12-6-8-14(9-7-12)18-23-15(17(22)27)16-19(25-18)26(20(28)24-16)11-13-4-2-1-3-5-13/h1-9H,11H2,(H2,22,27)(H,24,28). The number of H-pyrrole nitrogens is 1. The average Bonchev–Trinajstić information content (AvgIpc) is 3.03. The summed E-state index contributed by atoms with van der Waals surface area (Å²) in [5.41, 5.74) is 7.49. The van der Waals surface area contributed by atoms with E-state index in [4.69, 9.17) is 11.0 Å². The van der Waals surface area contributed by atoms with Crippen LogP contribution in [-0.4, -0.2) is 25.4 Å². The summed E-state index contributed by atoms with van der Waals surface area (Å²) in [4.78, 5) is 35.8.